The van der Waals surface area contributed by atoms with E-state index in [1.807, 2.05) is 6.92 Å². The highest BCUT2D eigenvalue weighted by Crippen LogP contribution is 2.30. The fraction of sp³-hybridized carbons (Fsp3) is 0.148. The van der Waals surface area contributed by atoms with Gasteiger partial charge in [-0.3, -0.25) is 14.2 Å². The summed E-state index contributed by atoms with van der Waals surface area (Å²) in [7, 11) is 3.02. The highest BCUT2D eigenvalue weighted by atomic mass is 16.5. The van der Waals surface area contributed by atoms with Gasteiger partial charge in [-0.1, -0.05) is 29.8 Å². The molecule has 0 aliphatic carbocycles. The highest BCUT2D eigenvalue weighted by molar-refractivity contribution is 6.03. The molecule has 182 valence electrons. The van der Waals surface area contributed by atoms with Crippen LogP contribution < -0.4 is 26.0 Å². The predicted molar refractivity (Wildman–Crippen MR) is 136 cm³/mol. The number of hydrogen-bond acceptors (Lipinski definition) is 6. The Hall–Kier alpha value is -4.79. The Morgan fingerprint density at radius 3 is 2.39 bits per heavy atom. The third kappa shape index (κ3) is 3.90. The van der Waals surface area contributed by atoms with E-state index in [9.17, 15) is 14.4 Å². The Balaban J connectivity index is 1.65. The maximum atomic E-state index is 13.7. The van der Waals surface area contributed by atoms with Crippen molar-refractivity contribution in [3.8, 4) is 17.2 Å². The average molecular weight is 485 g/mol. The summed E-state index contributed by atoms with van der Waals surface area (Å²) in [6.45, 7) is 1.56. The van der Waals surface area contributed by atoms with Crippen LogP contribution in [-0.2, 0) is 11.3 Å². The quantitative estimate of drug-likeness (QED) is 0.392. The maximum Gasteiger partial charge on any atom is 0.336 e. The number of para-hydroxylation sites is 1. The van der Waals surface area contributed by atoms with E-state index in [0.717, 1.165) is 10.1 Å². The molecule has 9 nitrogen and oxygen atoms in total. The molecule has 0 radical (unpaired) electrons. The second-order valence-corrected chi connectivity index (χ2v) is 8.24. The van der Waals surface area contributed by atoms with Crippen molar-refractivity contribution in [2.75, 3.05) is 19.5 Å². The second-order valence-electron chi connectivity index (χ2n) is 8.24. The summed E-state index contributed by atoms with van der Waals surface area (Å²) in [5.41, 5.74) is 1.29. The number of methoxy groups -OCH3 is 2. The molecule has 9 heteroatoms. The first-order valence-electron chi connectivity index (χ1n) is 11.2. The molecule has 0 bridgehead atoms. The number of rotatable bonds is 6. The third-order valence-electron chi connectivity index (χ3n) is 5.92. The number of amides is 1. The van der Waals surface area contributed by atoms with Crippen LogP contribution in [-0.4, -0.2) is 29.3 Å². The minimum absolute atomic E-state index is 0.00436. The van der Waals surface area contributed by atoms with E-state index in [0.29, 0.717) is 33.8 Å². The molecule has 5 aromatic rings. The number of fused-ring (bicyclic) bond motifs is 3. The van der Waals surface area contributed by atoms with Crippen LogP contribution in [0.25, 0.3) is 27.8 Å². The average Bonchev–Trinajstić information content (AvgIpc) is 3.27. The Morgan fingerprint density at radius 2 is 1.67 bits per heavy atom. The zero-order valence-corrected chi connectivity index (χ0v) is 19.9. The molecule has 0 atom stereocenters. The summed E-state index contributed by atoms with van der Waals surface area (Å²) < 4.78 is 18.7. The fourth-order valence-electron chi connectivity index (χ4n) is 4.18. The van der Waals surface area contributed by atoms with Crippen molar-refractivity contribution in [1.82, 2.24) is 9.13 Å². The van der Waals surface area contributed by atoms with Gasteiger partial charge in [-0.25, -0.2) is 9.36 Å². The second kappa shape index (κ2) is 9.10. The first-order valence-corrected chi connectivity index (χ1v) is 11.2. The Kier molecular flexibility index (Phi) is 5.81. The van der Waals surface area contributed by atoms with Crippen LogP contribution in [0.2, 0.25) is 0 Å². The van der Waals surface area contributed by atoms with Gasteiger partial charge in [0.05, 0.1) is 19.9 Å². The van der Waals surface area contributed by atoms with E-state index in [1.165, 1.54) is 18.8 Å². The molecule has 0 aliphatic heterocycles. The molecule has 36 heavy (non-hydrogen) atoms. The number of nitrogens with one attached hydrogen (secondary N) is 1. The summed E-state index contributed by atoms with van der Waals surface area (Å²) in [6, 6.07) is 18.9. The lowest BCUT2D eigenvalue weighted by Gasteiger charge is -2.13. The molecule has 1 N–H and O–H groups in total. The zero-order valence-electron chi connectivity index (χ0n) is 19.9. The van der Waals surface area contributed by atoms with E-state index in [4.69, 9.17) is 13.9 Å². The Morgan fingerprint density at radius 1 is 0.944 bits per heavy atom. The molecule has 0 aliphatic rings. The van der Waals surface area contributed by atoms with E-state index in [2.05, 4.69) is 5.32 Å². The van der Waals surface area contributed by atoms with E-state index in [1.54, 1.807) is 66.7 Å². The number of carbonyl (C=O) groups excluding carboxylic acids is 1. The zero-order chi connectivity index (χ0) is 25.4. The number of aryl methyl sites for hydroxylation is 1. The van der Waals surface area contributed by atoms with Crippen LogP contribution in [0, 0.1) is 6.92 Å². The van der Waals surface area contributed by atoms with Crippen LogP contribution in [0.3, 0.4) is 0 Å². The normalized spacial score (nSPS) is 11.1. The summed E-state index contributed by atoms with van der Waals surface area (Å²) in [4.78, 5) is 40.2. The smallest absolute Gasteiger partial charge is 0.336 e. The van der Waals surface area contributed by atoms with E-state index >= 15 is 0 Å². The molecular formula is C27H23N3O6. The number of ether oxygens (including phenoxy) is 2. The number of aromatic nitrogens is 2. The minimum atomic E-state index is -0.648. The number of benzene rings is 3. The highest BCUT2D eigenvalue weighted by Gasteiger charge is 2.22. The number of hydrogen-bond donors (Lipinski definition) is 1. The van der Waals surface area contributed by atoms with Crippen molar-refractivity contribution >= 4 is 33.7 Å². The van der Waals surface area contributed by atoms with E-state index in [-0.39, 0.29) is 17.6 Å². The molecule has 1 amide bonds. The number of anilines is 1. The summed E-state index contributed by atoms with van der Waals surface area (Å²) >= 11 is 0. The van der Waals surface area contributed by atoms with Gasteiger partial charge < -0.3 is 19.2 Å². The first kappa shape index (κ1) is 23.0. The molecule has 0 unspecified atom stereocenters. The van der Waals surface area contributed by atoms with Gasteiger partial charge in [0.25, 0.3) is 0 Å². The fourth-order valence-corrected chi connectivity index (χ4v) is 4.18. The number of carbonyl (C=O) groups is 1. The van der Waals surface area contributed by atoms with E-state index < -0.39 is 17.2 Å². The Bertz CT molecular complexity index is 1730. The lowest BCUT2D eigenvalue weighted by Crippen LogP contribution is -2.40. The van der Waals surface area contributed by atoms with Crippen molar-refractivity contribution in [1.29, 1.82) is 0 Å². The van der Waals surface area contributed by atoms with Crippen LogP contribution in [0.1, 0.15) is 5.56 Å². The van der Waals surface area contributed by atoms with Gasteiger partial charge in [0.2, 0.25) is 11.5 Å². The predicted octanol–water partition coefficient (Wildman–Crippen LogP) is 3.86. The third-order valence-corrected chi connectivity index (χ3v) is 5.92. The molecule has 0 saturated heterocycles. The van der Waals surface area contributed by atoms with Gasteiger partial charge in [0.15, 0.2) is 11.5 Å². The largest absolute Gasteiger partial charge is 0.493 e. The molecule has 0 saturated carbocycles. The summed E-state index contributed by atoms with van der Waals surface area (Å²) in [5.74, 6) is 0.497. The molecule has 2 aromatic heterocycles. The standard InChI is InChI=1S/C27H23N3O6/c1-16-8-11-18(12-9-16)30-26(32)25-24(19-6-4-5-7-20(19)36-25)29(27(30)33)15-23(31)28-17-10-13-21(34-2)22(14-17)35-3/h4-14H,15H2,1-3H3,(H,28,31). The Labute approximate surface area is 205 Å². The minimum Gasteiger partial charge on any atom is -0.493 e. The summed E-state index contributed by atoms with van der Waals surface area (Å²) in [6.07, 6.45) is 0. The van der Waals surface area contributed by atoms with Gasteiger partial charge in [0.1, 0.15) is 17.6 Å². The maximum absolute atomic E-state index is 13.7. The van der Waals surface area contributed by atoms with Crippen molar-refractivity contribution in [3.63, 3.8) is 0 Å². The van der Waals surface area contributed by atoms with Gasteiger partial charge in [-0.2, -0.15) is 0 Å². The van der Waals surface area contributed by atoms with Gasteiger partial charge in [-0.15, -0.1) is 0 Å². The van der Waals surface area contributed by atoms with Crippen molar-refractivity contribution in [2.45, 2.75) is 13.5 Å². The lowest BCUT2D eigenvalue weighted by atomic mass is 10.2. The van der Waals surface area contributed by atoms with Crippen LogP contribution in [0.15, 0.2) is 80.7 Å². The summed E-state index contributed by atoms with van der Waals surface area (Å²) in [5, 5.41) is 3.34. The molecular weight excluding hydrogens is 462 g/mol. The molecule has 2 heterocycles. The molecule has 3 aromatic carbocycles. The molecule has 0 spiro atoms. The van der Waals surface area contributed by atoms with Crippen LogP contribution >= 0.6 is 0 Å². The monoisotopic (exact) mass is 485 g/mol. The van der Waals surface area contributed by atoms with Gasteiger partial charge >= 0.3 is 11.2 Å². The van der Waals surface area contributed by atoms with Crippen molar-refractivity contribution in [2.24, 2.45) is 0 Å². The van der Waals surface area contributed by atoms with Crippen molar-refractivity contribution in [3.05, 3.63) is 93.1 Å². The molecule has 0 fully saturated rings. The SMILES string of the molecule is COc1ccc(NC(=O)Cn2c(=O)n(-c3ccc(C)cc3)c(=O)c3oc4ccccc4c32)cc1OC. The van der Waals surface area contributed by atoms with Gasteiger partial charge in [-0.05, 0) is 43.3 Å². The number of nitrogens with zero attached hydrogens (tertiary/aromatic N) is 2. The van der Waals surface area contributed by atoms with Gasteiger partial charge in [0, 0.05) is 17.1 Å². The van der Waals surface area contributed by atoms with Crippen LogP contribution in [0.4, 0.5) is 5.69 Å². The van der Waals surface area contributed by atoms with Crippen molar-refractivity contribution < 1.29 is 18.7 Å². The first-order chi connectivity index (χ1) is 17.4. The lowest BCUT2D eigenvalue weighted by molar-refractivity contribution is -0.116. The van der Waals surface area contributed by atoms with Crippen LogP contribution in [0.5, 0.6) is 11.5 Å². The topological polar surface area (TPSA) is 105 Å². The number of furan rings is 1. The molecule has 5 rings (SSSR count).